The standard InChI is InChI=1S/C16H23ClFNO/c1-19(2)11-13-5-3-4-8-16(13,20)10-12-6-7-14(17)9-15(12)18/h6-7,9,13,20H,3-5,8,10-11H2,1-2H3. The van der Waals surface area contributed by atoms with Gasteiger partial charge in [-0.05, 0) is 44.6 Å². The highest BCUT2D eigenvalue weighted by Gasteiger charge is 2.39. The molecule has 0 bridgehead atoms. The molecule has 112 valence electrons. The Bertz CT molecular complexity index is 466. The van der Waals surface area contributed by atoms with E-state index >= 15 is 0 Å². The van der Waals surface area contributed by atoms with Crippen molar-refractivity contribution >= 4 is 11.6 Å². The van der Waals surface area contributed by atoms with E-state index in [4.69, 9.17) is 11.6 Å². The number of rotatable bonds is 4. The average Bonchev–Trinajstić information content (AvgIpc) is 2.35. The van der Waals surface area contributed by atoms with Crippen molar-refractivity contribution in [3.05, 3.63) is 34.6 Å². The second kappa shape index (κ2) is 6.42. The van der Waals surface area contributed by atoms with Gasteiger partial charge in [0.1, 0.15) is 5.82 Å². The van der Waals surface area contributed by atoms with Crippen LogP contribution in [0.2, 0.25) is 5.02 Å². The van der Waals surface area contributed by atoms with Crippen LogP contribution in [0.5, 0.6) is 0 Å². The average molecular weight is 300 g/mol. The Morgan fingerprint density at radius 3 is 2.80 bits per heavy atom. The predicted molar refractivity (Wildman–Crippen MR) is 80.6 cm³/mol. The maximum atomic E-state index is 14.0. The van der Waals surface area contributed by atoms with E-state index in [-0.39, 0.29) is 11.7 Å². The molecule has 0 saturated heterocycles. The van der Waals surface area contributed by atoms with Crippen LogP contribution < -0.4 is 0 Å². The summed E-state index contributed by atoms with van der Waals surface area (Å²) in [6.45, 7) is 0.839. The summed E-state index contributed by atoms with van der Waals surface area (Å²) in [5, 5.41) is 11.4. The molecule has 1 aromatic rings. The molecule has 4 heteroatoms. The number of nitrogens with zero attached hydrogens (tertiary/aromatic N) is 1. The van der Waals surface area contributed by atoms with E-state index in [1.54, 1.807) is 12.1 Å². The van der Waals surface area contributed by atoms with Crippen LogP contribution in [-0.2, 0) is 6.42 Å². The van der Waals surface area contributed by atoms with Crippen LogP contribution in [0.1, 0.15) is 31.2 Å². The van der Waals surface area contributed by atoms with E-state index in [0.29, 0.717) is 17.0 Å². The summed E-state index contributed by atoms with van der Waals surface area (Å²) in [4.78, 5) is 2.10. The van der Waals surface area contributed by atoms with Gasteiger partial charge in [-0.2, -0.15) is 0 Å². The normalized spacial score (nSPS) is 27.0. The van der Waals surface area contributed by atoms with E-state index in [9.17, 15) is 9.50 Å². The lowest BCUT2D eigenvalue weighted by molar-refractivity contribution is -0.0558. The van der Waals surface area contributed by atoms with Crippen LogP contribution >= 0.6 is 11.6 Å². The Morgan fingerprint density at radius 2 is 2.15 bits per heavy atom. The van der Waals surface area contributed by atoms with Crippen molar-refractivity contribution in [2.75, 3.05) is 20.6 Å². The minimum atomic E-state index is -0.808. The van der Waals surface area contributed by atoms with Crippen molar-refractivity contribution < 1.29 is 9.50 Å². The van der Waals surface area contributed by atoms with Crippen LogP contribution in [0.3, 0.4) is 0 Å². The second-order valence-corrected chi connectivity index (χ2v) is 6.66. The molecule has 1 fully saturated rings. The van der Waals surface area contributed by atoms with Crippen molar-refractivity contribution in [1.82, 2.24) is 4.90 Å². The Labute approximate surface area is 125 Å². The van der Waals surface area contributed by atoms with Crippen LogP contribution in [-0.4, -0.2) is 36.2 Å². The van der Waals surface area contributed by atoms with Gasteiger partial charge in [0, 0.05) is 23.9 Å². The highest BCUT2D eigenvalue weighted by atomic mass is 35.5. The molecule has 2 nitrogen and oxygen atoms in total. The molecule has 2 rings (SSSR count). The molecule has 1 aliphatic rings. The largest absolute Gasteiger partial charge is 0.389 e. The van der Waals surface area contributed by atoms with Crippen LogP contribution in [0.15, 0.2) is 18.2 Å². The lowest BCUT2D eigenvalue weighted by Gasteiger charge is -2.41. The van der Waals surface area contributed by atoms with Crippen molar-refractivity contribution in [2.24, 2.45) is 5.92 Å². The minimum Gasteiger partial charge on any atom is -0.389 e. The van der Waals surface area contributed by atoms with Crippen LogP contribution in [0.25, 0.3) is 0 Å². The molecule has 20 heavy (non-hydrogen) atoms. The SMILES string of the molecule is CN(C)CC1CCCCC1(O)Cc1ccc(Cl)cc1F. The Balaban J connectivity index is 2.18. The fourth-order valence-electron chi connectivity index (χ4n) is 3.22. The first-order chi connectivity index (χ1) is 9.40. The molecule has 0 spiro atoms. The molecule has 0 aromatic heterocycles. The fourth-order valence-corrected chi connectivity index (χ4v) is 3.38. The molecule has 1 aromatic carbocycles. The number of aliphatic hydroxyl groups is 1. The molecular formula is C16H23ClFNO. The van der Waals surface area contributed by atoms with E-state index in [1.165, 1.54) is 6.07 Å². The Morgan fingerprint density at radius 1 is 1.40 bits per heavy atom. The van der Waals surface area contributed by atoms with Gasteiger partial charge in [0.15, 0.2) is 0 Å². The fraction of sp³-hybridized carbons (Fsp3) is 0.625. The number of hydrogen-bond acceptors (Lipinski definition) is 2. The van der Waals surface area contributed by atoms with E-state index in [1.807, 2.05) is 14.1 Å². The summed E-state index contributed by atoms with van der Waals surface area (Å²) in [6.07, 6.45) is 4.27. The zero-order valence-corrected chi connectivity index (χ0v) is 13.0. The van der Waals surface area contributed by atoms with Gasteiger partial charge in [0.2, 0.25) is 0 Å². The smallest absolute Gasteiger partial charge is 0.127 e. The number of halogens is 2. The van der Waals surface area contributed by atoms with Crippen LogP contribution in [0.4, 0.5) is 4.39 Å². The topological polar surface area (TPSA) is 23.5 Å². The summed E-state index contributed by atoms with van der Waals surface area (Å²) in [5.41, 5.74) is -0.250. The summed E-state index contributed by atoms with van der Waals surface area (Å²) in [7, 11) is 4.02. The monoisotopic (exact) mass is 299 g/mol. The van der Waals surface area contributed by atoms with Crippen molar-refractivity contribution in [3.8, 4) is 0 Å². The molecule has 0 heterocycles. The minimum absolute atomic E-state index is 0.196. The lowest BCUT2D eigenvalue weighted by atomic mass is 9.72. The molecule has 0 aliphatic heterocycles. The first-order valence-electron chi connectivity index (χ1n) is 7.22. The van der Waals surface area contributed by atoms with Gasteiger partial charge in [-0.25, -0.2) is 4.39 Å². The zero-order chi connectivity index (χ0) is 14.8. The highest BCUT2D eigenvalue weighted by molar-refractivity contribution is 6.30. The maximum Gasteiger partial charge on any atom is 0.127 e. The summed E-state index contributed by atoms with van der Waals surface area (Å²) < 4.78 is 14.0. The number of benzene rings is 1. The highest BCUT2D eigenvalue weighted by Crippen LogP contribution is 2.37. The quantitative estimate of drug-likeness (QED) is 0.920. The second-order valence-electron chi connectivity index (χ2n) is 6.22. The molecule has 2 unspecified atom stereocenters. The van der Waals surface area contributed by atoms with Crippen molar-refractivity contribution in [1.29, 1.82) is 0 Å². The lowest BCUT2D eigenvalue weighted by Crippen LogP contribution is -2.47. The van der Waals surface area contributed by atoms with Gasteiger partial charge >= 0.3 is 0 Å². The molecule has 1 saturated carbocycles. The van der Waals surface area contributed by atoms with E-state index in [0.717, 1.165) is 32.2 Å². The first kappa shape index (κ1) is 15.7. The van der Waals surface area contributed by atoms with Gasteiger partial charge in [0.05, 0.1) is 5.60 Å². The third-order valence-corrected chi connectivity index (χ3v) is 4.50. The van der Waals surface area contributed by atoms with Crippen molar-refractivity contribution in [3.63, 3.8) is 0 Å². The molecule has 2 atom stereocenters. The van der Waals surface area contributed by atoms with Gasteiger partial charge < -0.3 is 10.0 Å². The van der Waals surface area contributed by atoms with E-state index < -0.39 is 5.60 Å². The summed E-state index contributed by atoms with van der Waals surface area (Å²) in [6, 6.07) is 4.70. The maximum absolute atomic E-state index is 14.0. The summed E-state index contributed by atoms with van der Waals surface area (Å²) in [5.74, 6) is -0.124. The van der Waals surface area contributed by atoms with E-state index in [2.05, 4.69) is 4.90 Å². The molecule has 0 amide bonds. The molecular weight excluding hydrogens is 277 g/mol. The first-order valence-corrected chi connectivity index (χ1v) is 7.59. The van der Waals surface area contributed by atoms with Gasteiger partial charge in [-0.1, -0.05) is 30.5 Å². The molecule has 1 N–H and O–H groups in total. The Kier molecular flexibility index (Phi) is 5.05. The van der Waals surface area contributed by atoms with Crippen LogP contribution in [0, 0.1) is 11.7 Å². The molecule has 1 aliphatic carbocycles. The number of hydrogen-bond donors (Lipinski definition) is 1. The zero-order valence-electron chi connectivity index (χ0n) is 12.2. The van der Waals surface area contributed by atoms with Gasteiger partial charge in [-0.15, -0.1) is 0 Å². The third-order valence-electron chi connectivity index (χ3n) is 4.27. The van der Waals surface area contributed by atoms with Gasteiger partial charge in [0.25, 0.3) is 0 Å². The van der Waals surface area contributed by atoms with Crippen molar-refractivity contribution in [2.45, 2.75) is 37.7 Å². The Hall–Kier alpha value is -0.640. The predicted octanol–water partition coefficient (Wildman–Crippen LogP) is 3.50. The molecule has 0 radical (unpaired) electrons. The van der Waals surface area contributed by atoms with Gasteiger partial charge in [-0.3, -0.25) is 0 Å². The summed E-state index contributed by atoms with van der Waals surface area (Å²) >= 11 is 5.78. The third kappa shape index (κ3) is 3.72.